The van der Waals surface area contributed by atoms with E-state index in [9.17, 15) is 13.2 Å². The number of sulfonamides is 1. The van der Waals surface area contributed by atoms with Gasteiger partial charge in [0.1, 0.15) is 0 Å². The van der Waals surface area contributed by atoms with Crippen molar-refractivity contribution in [3.8, 4) is 0 Å². The average molecular weight is 414 g/mol. The molecular formula is C22H27N3O3S. The second kappa shape index (κ2) is 8.16. The van der Waals surface area contributed by atoms with E-state index in [-0.39, 0.29) is 5.91 Å². The molecule has 7 heteroatoms. The van der Waals surface area contributed by atoms with E-state index in [0.717, 1.165) is 23.4 Å². The molecule has 2 heterocycles. The third kappa shape index (κ3) is 3.89. The lowest BCUT2D eigenvalue weighted by molar-refractivity contribution is -0.118. The van der Waals surface area contributed by atoms with Crippen LogP contribution in [-0.4, -0.2) is 51.4 Å². The molecule has 2 aliphatic rings. The molecule has 6 nitrogen and oxygen atoms in total. The highest BCUT2D eigenvalue weighted by Crippen LogP contribution is 2.32. The zero-order valence-corrected chi connectivity index (χ0v) is 17.6. The number of anilines is 2. The fourth-order valence-electron chi connectivity index (χ4n) is 4.12. The predicted octanol–water partition coefficient (Wildman–Crippen LogP) is 2.89. The second-order valence-corrected chi connectivity index (χ2v) is 9.50. The van der Waals surface area contributed by atoms with Crippen molar-refractivity contribution >= 4 is 27.3 Å². The molecule has 0 aliphatic carbocycles. The average Bonchev–Trinajstić information content (AvgIpc) is 3.18. The maximum Gasteiger partial charge on any atom is 0.243 e. The van der Waals surface area contributed by atoms with Crippen LogP contribution in [0.1, 0.15) is 25.3 Å². The summed E-state index contributed by atoms with van der Waals surface area (Å²) in [5.74, 6) is 0.110. The van der Waals surface area contributed by atoms with Crippen molar-refractivity contribution in [3.63, 3.8) is 0 Å². The summed E-state index contributed by atoms with van der Waals surface area (Å²) in [4.78, 5) is 16.6. The van der Waals surface area contributed by atoms with Crippen LogP contribution in [0.2, 0.25) is 0 Å². The van der Waals surface area contributed by atoms with Gasteiger partial charge in [0.15, 0.2) is 0 Å². The van der Waals surface area contributed by atoms with Gasteiger partial charge in [-0.3, -0.25) is 4.79 Å². The highest BCUT2D eigenvalue weighted by molar-refractivity contribution is 7.89. The predicted molar refractivity (Wildman–Crippen MR) is 115 cm³/mol. The van der Waals surface area contributed by atoms with Gasteiger partial charge in [0.25, 0.3) is 0 Å². The number of hydrogen-bond acceptors (Lipinski definition) is 4. The van der Waals surface area contributed by atoms with Crippen molar-refractivity contribution in [1.29, 1.82) is 0 Å². The summed E-state index contributed by atoms with van der Waals surface area (Å²) in [6, 6.07) is 15.3. The lowest BCUT2D eigenvalue weighted by Crippen LogP contribution is -2.48. The highest BCUT2D eigenvalue weighted by Gasteiger charge is 2.31. The lowest BCUT2D eigenvalue weighted by Gasteiger charge is -2.35. The van der Waals surface area contributed by atoms with Crippen LogP contribution >= 0.6 is 0 Å². The molecule has 2 aromatic carbocycles. The number of rotatable bonds is 5. The van der Waals surface area contributed by atoms with Gasteiger partial charge in [-0.15, -0.1) is 0 Å². The van der Waals surface area contributed by atoms with E-state index in [1.807, 2.05) is 25.1 Å². The Labute approximate surface area is 172 Å². The fourth-order valence-corrected chi connectivity index (χ4v) is 5.59. The minimum Gasteiger partial charge on any atom is -0.369 e. The van der Waals surface area contributed by atoms with Crippen LogP contribution < -0.4 is 9.80 Å². The van der Waals surface area contributed by atoms with Crippen LogP contribution in [0.15, 0.2) is 53.4 Å². The summed E-state index contributed by atoms with van der Waals surface area (Å²) in [5, 5.41) is 0. The summed E-state index contributed by atoms with van der Waals surface area (Å²) in [6.45, 7) is 4.90. The standard InChI is InChI=1S/C22H27N3O3S/c1-2-6-22(26)25-12-11-18-17-20(9-10-21(18)25)29(27,28)24-15-13-23(14-16-24)19-7-4-3-5-8-19/h3-5,7-10,17H,2,6,11-16H2,1H3. The number of carbonyl (C=O) groups is 1. The molecule has 0 spiro atoms. The van der Waals surface area contributed by atoms with Gasteiger partial charge in [0, 0.05) is 50.5 Å². The molecule has 0 bridgehead atoms. The van der Waals surface area contributed by atoms with Crippen molar-refractivity contribution in [2.24, 2.45) is 0 Å². The van der Waals surface area contributed by atoms with E-state index in [1.54, 1.807) is 27.4 Å². The normalized spacial score (nSPS) is 17.4. The van der Waals surface area contributed by atoms with Gasteiger partial charge in [-0.1, -0.05) is 25.1 Å². The molecular weight excluding hydrogens is 386 g/mol. The van der Waals surface area contributed by atoms with E-state index < -0.39 is 10.0 Å². The van der Waals surface area contributed by atoms with Crippen molar-refractivity contribution in [3.05, 3.63) is 54.1 Å². The van der Waals surface area contributed by atoms with Gasteiger partial charge in [-0.2, -0.15) is 4.31 Å². The minimum atomic E-state index is -3.53. The first kappa shape index (κ1) is 19.9. The van der Waals surface area contributed by atoms with Gasteiger partial charge in [0.2, 0.25) is 15.9 Å². The smallest absolute Gasteiger partial charge is 0.243 e. The first-order chi connectivity index (χ1) is 14.0. The SMILES string of the molecule is CCCC(=O)N1CCc2cc(S(=O)(=O)N3CCN(c4ccccc4)CC3)ccc21. The molecule has 0 unspecified atom stereocenters. The van der Waals surface area contributed by atoms with Crippen molar-refractivity contribution in [1.82, 2.24) is 4.31 Å². The largest absolute Gasteiger partial charge is 0.369 e. The molecule has 0 aromatic heterocycles. The Morgan fingerprint density at radius 2 is 1.69 bits per heavy atom. The molecule has 4 rings (SSSR count). The zero-order valence-electron chi connectivity index (χ0n) is 16.8. The number of carbonyl (C=O) groups excluding carboxylic acids is 1. The van der Waals surface area contributed by atoms with Gasteiger partial charge < -0.3 is 9.80 Å². The van der Waals surface area contributed by atoms with Gasteiger partial charge in [-0.25, -0.2) is 8.42 Å². The Bertz CT molecular complexity index is 984. The molecule has 0 N–H and O–H groups in total. The van der Waals surface area contributed by atoms with Crippen molar-refractivity contribution in [2.45, 2.75) is 31.1 Å². The number of fused-ring (bicyclic) bond motifs is 1. The molecule has 1 fully saturated rings. The zero-order chi connectivity index (χ0) is 20.4. The maximum atomic E-state index is 13.2. The van der Waals surface area contributed by atoms with Crippen LogP contribution in [0.4, 0.5) is 11.4 Å². The third-order valence-corrected chi connectivity index (χ3v) is 7.60. The van der Waals surface area contributed by atoms with E-state index in [1.165, 1.54) is 0 Å². The third-order valence-electron chi connectivity index (χ3n) is 5.71. The van der Waals surface area contributed by atoms with Gasteiger partial charge in [0.05, 0.1) is 4.90 Å². The molecule has 2 aliphatic heterocycles. The summed E-state index contributed by atoms with van der Waals surface area (Å²) in [7, 11) is -3.53. The number of para-hydroxylation sites is 1. The van der Waals surface area contributed by atoms with E-state index in [2.05, 4.69) is 17.0 Å². The van der Waals surface area contributed by atoms with Gasteiger partial charge >= 0.3 is 0 Å². The van der Waals surface area contributed by atoms with E-state index >= 15 is 0 Å². The lowest BCUT2D eigenvalue weighted by atomic mass is 10.2. The Morgan fingerprint density at radius 1 is 0.966 bits per heavy atom. The summed E-state index contributed by atoms with van der Waals surface area (Å²) in [5.41, 5.74) is 2.92. The van der Waals surface area contributed by atoms with Crippen LogP contribution in [0.5, 0.6) is 0 Å². The Balaban J connectivity index is 1.48. The summed E-state index contributed by atoms with van der Waals surface area (Å²) >= 11 is 0. The monoisotopic (exact) mass is 413 g/mol. The molecule has 0 radical (unpaired) electrons. The molecule has 154 valence electrons. The first-order valence-electron chi connectivity index (χ1n) is 10.2. The first-order valence-corrected chi connectivity index (χ1v) is 11.7. The van der Waals surface area contributed by atoms with Crippen LogP contribution in [0.3, 0.4) is 0 Å². The molecule has 1 saturated heterocycles. The maximum absolute atomic E-state index is 13.2. The molecule has 29 heavy (non-hydrogen) atoms. The molecule has 0 atom stereocenters. The van der Waals surface area contributed by atoms with Crippen molar-refractivity contribution < 1.29 is 13.2 Å². The van der Waals surface area contributed by atoms with Gasteiger partial charge in [-0.05, 0) is 48.7 Å². The Kier molecular flexibility index (Phi) is 5.61. The number of piperazine rings is 1. The molecule has 1 amide bonds. The topological polar surface area (TPSA) is 60.9 Å². The Morgan fingerprint density at radius 3 is 2.38 bits per heavy atom. The number of hydrogen-bond donors (Lipinski definition) is 0. The number of nitrogens with zero attached hydrogens (tertiary/aromatic N) is 3. The minimum absolute atomic E-state index is 0.110. The number of amides is 1. The molecule has 0 saturated carbocycles. The van der Waals surface area contributed by atoms with E-state index in [4.69, 9.17) is 0 Å². The van der Waals surface area contributed by atoms with Crippen LogP contribution in [0.25, 0.3) is 0 Å². The molecule has 2 aromatic rings. The second-order valence-electron chi connectivity index (χ2n) is 7.56. The van der Waals surface area contributed by atoms with Crippen molar-refractivity contribution in [2.75, 3.05) is 42.5 Å². The van der Waals surface area contributed by atoms with Crippen LogP contribution in [-0.2, 0) is 21.2 Å². The van der Waals surface area contributed by atoms with Crippen LogP contribution in [0, 0.1) is 0 Å². The Hall–Kier alpha value is -2.38. The number of benzene rings is 2. The fraction of sp³-hybridized carbons (Fsp3) is 0.409. The summed E-state index contributed by atoms with van der Waals surface area (Å²) < 4.78 is 27.9. The quantitative estimate of drug-likeness (QED) is 0.756. The summed E-state index contributed by atoms with van der Waals surface area (Å²) in [6.07, 6.45) is 2.03. The highest BCUT2D eigenvalue weighted by atomic mass is 32.2. The van der Waals surface area contributed by atoms with E-state index in [0.29, 0.717) is 50.5 Å².